The molecule has 2 aromatic carbocycles. The number of hydrogen-bond acceptors (Lipinski definition) is 3. The number of carbonyl (C=O) groups is 2. The Balaban J connectivity index is 2.07. The molecule has 3 N–H and O–H groups in total. The van der Waals surface area contributed by atoms with Crippen LogP contribution in [0, 0.1) is 6.92 Å². The molecular formula is C17H18N2O3. The van der Waals surface area contributed by atoms with Crippen LogP contribution in [0.4, 0.5) is 5.69 Å². The summed E-state index contributed by atoms with van der Waals surface area (Å²) in [6.07, 6.45) is -0.706. The summed E-state index contributed by atoms with van der Waals surface area (Å²) in [5, 5.41) is 2.66. The molecule has 5 nitrogen and oxygen atoms in total. The SMILES string of the molecule is Cc1cccc(OC(C)C(=O)Nc2ccccc2C(N)=O)c1. The molecule has 0 radical (unpaired) electrons. The third-order valence-corrected chi connectivity index (χ3v) is 3.12. The zero-order valence-electron chi connectivity index (χ0n) is 12.5. The van der Waals surface area contributed by atoms with Crippen LogP contribution in [0.2, 0.25) is 0 Å². The van der Waals surface area contributed by atoms with Gasteiger partial charge in [-0.05, 0) is 43.7 Å². The molecule has 0 saturated heterocycles. The number of ether oxygens (including phenoxy) is 1. The fraction of sp³-hybridized carbons (Fsp3) is 0.176. The number of rotatable bonds is 5. The van der Waals surface area contributed by atoms with Crippen LogP contribution in [0.15, 0.2) is 48.5 Å². The van der Waals surface area contributed by atoms with Gasteiger partial charge in [0.15, 0.2) is 6.10 Å². The number of hydrogen-bond donors (Lipinski definition) is 2. The molecule has 22 heavy (non-hydrogen) atoms. The summed E-state index contributed by atoms with van der Waals surface area (Å²) >= 11 is 0. The first-order valence-corrected chi connectivity index (χ1v) is 6.90. The lowest BCUT2D eigenvalue weighted by atomic mass is 10.1. The molecule has 2 rings (SSSR count). The molecule has 5 heteroatoms. The predicted molar refractivity (Wildman–Crippen MR) is 84.9 cm³/mol. The van der Waals surface area contributed by atoms with Gasteiger partial charge in [-0.3, -0.25) is 9.59 Å². The molecule has 0 aliphatic heterocycles. The number of anilines is 1. The van der Waals surface area contributed by atoms with Crippen LogP contribution in [-0.4, -0.2) is 17.9 Å². The van der Waals surface area contributed by atoms with Gasteiger partial charge in [0, 0.05) is 0 Å². The van der Waals surface area contributed by atoms with Crippen molar-refractivity contribution in [3.05, 3.63) is 59.7 Å². The van der Waals surface area contributed by atoms with E-state index < -0.39 is 12.0 Å². The van der Waals surface area contributed by atoms with E-state index in [9.17, 15) is 9.59 Å². The van der Waals surface area contributed by atoms with Crippen molar-refractivity contribution < 1.29 is 14.3 Å². The van der Waals surface area contributed by atoms with Crippen molar-refractivity contribution in [2.45, 2.75) is 20.0 Å². The van der Waals surface area contributed by atoms with E-state index in [-0.39, 0.29) is 11.5 Å². The van der Waals surface area contributed by atoms with E-state index in [0.717, 1.165) is 5.56 Å². The molecule has 0 heterocycles. The first-order chi connectivity index (χ1) is 10.5. The Morgan fingerprint density at radius 2 is 1.86 bits per heavy atom. The number of primary amides is 1. The van der Waals surface area contributed by atoms with Crippen LogP contribution in [0.1, 0.15) is 22.8 Å². The molecule has 2 aromatic rings. The van der Waals surface area contributed by atoms with Gasteiger partial charge in [0.25, 0.3) is 11.8 Å². The van der Waals surface area contributed by atoms with Gasteiger partial charge >= 0.3 is 0 Å². The predicted octanol–water partition coefficient (Wildman–Crippen LogP) is 2.50. The maximum absolute atomic E-state index is 12.2. The van der Waals surface area contributed by atoms with Crippen LogP contribution >= 0.6 is 0 Å². The smallest absolute Gasteiger partial charge is 0.265 e. The molecule has 0 aliphatic carbocycles. The Labute approximate surface area is 129 Å². The van der Waals surface area contributed by atoms with Crippen molar-refractivity contribution in [2.24, 2.45) is 5.73 Å². The van der Waals surface area contributed by atoms with Crippen molar-refractivity contribution in [3.63, 3.8) is 0 Å². The molecule has 1 atom stereocenters. The lowest BCUT2D eigenvalue weighted by Crippen LogP contribution is -2.31. The zero-order valence-corrected chi connectivity index (χ0v) is 12.5. The second-order valence-corrected chi connectivity index (χ2v) is 4.98. The molecular weight excluding hydrogens is 280 g/mol. The highest BCUT2D eigenvalue weighted by atomic mass is 16.5. The molecule has 0 fully saturated rings. The molecule has 114 valence electrons. The van der Waals surface area contributed by atoms with Gasteiger partial charge in [-0.25, -0.2) is 0 Å². The van der Waals surface area contributed by atoms with Crippen LogP contribution in [0.25, 0.3) is 0 Å². The highest BCUT2D eigenvalue weighted by Crippen LogP contribution is 2.17. The lowest BCUT2D eigenvalue weighted by Gasteiger charge is -2.16. The van der Waals surface area contributed by atoms with E-state index in [0.29, 0.717) is 11.4 Å². The fourth-order valence-electron chi connectivity index (χ4n) is 1.99. The number of benzene rings is 2. The Morgan fingerprint density at radius 3 is 2.55 bits per heavy atom. The maximum atomic E-state index is 12.2. The third kappa shape index (κ3) is 3.85. The van der Waals surface area contributed by atoms with E-state index in [2.05, 4.69) is 5.32 Å². The number of aryl methyl sites for hydroxylation is 1. The second kappa shape index (κ2) is 6.76. The Kier molecular flexibility index (Phi) is 4.78. The van der Waals surface area contributed by atoms with Crippen LogP contribution in [0.5, 0.6) is 5.75 Å². The number of nitrogens with two attached hydrogens (primary N) is 1. The van der Waals surface area contributed by atoms with Gasteiger partial charge in [-0.15, -0.1) is 0 Å². The summed E-state index contributed by atoms with van der Waals surface area (Å²) in [6, 6.07) is 14.0. The van der Waals surface area contributed by atoms with E-state index in [1.807, 2.05) is 25.1 Å². The average molecular weight is 298 g/mol. The van der Waals surface area contributed by atoms with Crippen LogP contribution in [0.3, 0.4) is 0 Å². The quantitative estimate of drug-likeness (QED) is 0.889. The summed E-state index contributed by atoms with van der Waals surface area (Å²) in [6.45, 7) is 3.59. The Hall–Kier alpha value is -2.82. The van der Waals surface area contributed by atoms with Crippen LogP contribution in [-0.2, 0) is 4.79 Å². The normalized spacial score (nSPS) is 11.5. The topological polar surface area (TPSA) is 81.4 Å². The zero-order chi connectivity index (χ0) is 16.1. The highest BCUT2D eigenvalue weighted by molar-refractivity contribution is 6.03. The molecule has 1 unspecified atom stereocenters. The van der Waals surface area contributed by atoms with Crippen molar-refractivity contribution in [3.8, 4) is 5.75 Å². The number of carbonyl (C=O) groups excluding carboxylic acids is 2. The van der Waals surface area contributed by atoms with Gasteiger partial charge in [0.1, 0.15) is 5.75 Å². The maximum Gasteiger partial charge on any atom is 0.265 e. The van der Waals surface area contributed by atoms with Gasteiger partial charge in [0.05, 0.1) is 11.3 Å². The monoisotopic (exact) mass is 298 g/mol. The van der Waals surface area contributed by atoms with Crippen LogP contribution < -0.4 is 15.8 Å². The van der Waals surface area contributed by atoms with Gasteiger partial charge < -0.3 is 15.8 Å². The minimum absolute atomic E-state index is 0.263. The fourth-order valence-corrected chi connectivity index (χ4v) is 1.99. The third-order valence-electron chi connectivity index (χ3n) is 3.12. The summed E-state index contributed by atoms with van der Waals surface area (Å²) in [5.41, 5.74) is 6.97. The van der Waals surface area contributed by atoms with E-state index in [1.54, 1.807) is 37.3 Å². The Morgan fingerprint density at radius 1 is 1.14 bits per heavy atom. The Bertz CT molecular complexity index is 698. The van der Waals surface area contributed by atoms with Crippen molar-refractivity contribution in [2.75, 3.05) is 5.32 Å². The number of para-hydroxylation sites is 1. The van der Waals surface area contributed by atoms with E-state index in [1.165, 1.54) is 0 Å². The van der Waals surface area contributed by atoms with E-state index >= 15 is 0 Å². The lowest BCUT2D eigenvalue weighted by molar-refractivity contribution is -0.122. The minimum Gasteiger partial charge on any atom is -0.481 e. The minimum atomic E-state index is -0.706. The standard InChI is InChI=1S/C17H18N2O3/c1-11-6-5-7-13(10-11)22-12(2)17(21)19-15-9-4-3-8-14(15)16(18)20/h3-10,12H,1-2H3,(H2,18,20)(H,19,21). The summed E-state index contributed by atoms with van der Waals surface area (Å²) in [4.78, 5) is 23.5. The molecule has 0 saturated carbocycles. The van der Waals surface area contributed by atoms with Gasteiger partial charge in [0.2, 0.25) is 0 Å². The highest BCUT2D eigenvalue weighted by Gasteiger charge is 2.17. The van der Waals surface area contributed by atoms with Crippen molar-refractivity contribution in [1.82, 2.24) is 0 Å². The van der Waals surface area contributed by atoms with Crippen molar-refractivity contribution in [1.29, 1.82) is 0 Å². The molecule has 0 aromatic heterocycles. The molecule has 2 amide bonds. The number of amides is 2. The summed E-state index contributed by atoms with van der Waals surface area (Å²) in [7, 11) is 0. The largest absolute Gasteiger partial charge is 0.481 e. The number of nitrogens with one attached hydrogen (secondary N) is 1. The molecule has 0 aliphatic rings. The second-order valence-electron chi connectivity index (χ2n) is 4.98. The summed E-state index contributed by atoms with van der Waals surface area (Å²) in [5.74, 6) is -0.329. The molecule has 0 spiro atoms. The van der Waals surface area contributed by atoms with Gasteiger partial charge in [-0.1, -0.05) is 24.3 Å². The average Bonchev–Trinajstić information content (AvgIpc) is 2.47. The molecule has 0 bridgehead atoms. The van der Waals surface area contributed by atoms with Crippen molar-refractivity contribution >= 4 is 17.5 Å². The summed E-state index contributed by atoms with van der Waals surface area (Å²) < 4.78 is 5.60. The first-order valence-electron chi connectivity index (χ1n) is 6.90. The first kappa shape index (κ1) is 15.6. The van der Waals surface area contributed by atoms with Gasteiger partial charge in [-0.2, -0.15) is 0 Å². The van der Waals surface area contributed by atoms with E-state index in [4.69, 9.17) is 10.5 Å².